The third kappa shape index (κ3) is 6.98. The number of thioether (sulfide) groups is 1. The van der Waals surface area contributed by atoms with Crippen molar-refractivity contribution in [3.63, 3.8) is 0 Å². The lowest BCUT2D eigenvalue weighted by atomic mass is 10.1. The van der Waals surface area contributed by atoms with Gasteiger partial charge < -0.3 is 14.2 Å². The molecule has 0 heterocycles. The minimum Gasteiger partial charge on any atom is -0.465 e. The van der Waals surface area contributed by atoms with Gasteiger partial charge in [-0.05, 0) is 43.7 Å². The number of rotatable bonds is 10. The number of carbonyl (C=O) groups is 1. The maximum atomic E-state index is 11.3. The monoisotopic (exact) mass is 312 g/mol. The van der Waals surface area contributed by atoms with E-state index < -0.39 is 0 Å². The smallest absolute Gasteiger partial charge is 0.337 e. The predicted molar refractivity (Wildman–Crippen MR) is 85.9 cm³/mol. The SMILES string of the molecule is CCOC(CSCCc1ccc(C(=O)OC)cc1)OCC. The molecule has 0 fully saturated rings. The molecule has 0 saturated heterocycles. The molecule has 0 bridgehead atoms. The summed E-state index contributed by atoms with van der Waals surface area (Å²) in [4.78, 5) is 11.3. The van der Waals surface area contributed by atoms with Crippen molar-refractivity contribution in [2.75, 3.05) is 31.8 Å². The number of carbonyl (C=O) groups excluding carboxylic acids is 1. The van der Waals surface area contributed by atoms with Crippen molar-refractivity contribution in [2.24, 2.45) is 0 Å². The minimum absolute atomic E-state index is 0.119. The van der Waals surface area contributed by atoms with Crippen LogP contribution in [0.25, 0.3) is 0 Å². The number of ether oxygens (including phenoxy) is 3. The molecule has 0 saturated carbocycles. The van der Waals surface area contributed by atoms with Gasteiger partial charge in [0.25, 0.3) is 0 Å². The Labute approximate surface area is 131 Å². The lowest BCUT2D eigenvalue weighted by Gasteiger charge is -2.16. The van der Waals surface area contributed by atoms with E-state index in [4.69, 9.17) is 9.47 Å². The Balaban J connectivity index is 2.30. The largest absolute Gasteiger partial charge is 0.465 e. The maximum absolute atomic E-state index is 11.3. The first-order chi connectivity index (χ1) is 10.2. The number of aryl methyl sites for hydroxylation is 1. The Morgan fingerprint density at radius 2 is 1.76 bits per heavy atom. The number of hydrogen-bond acceptors (Lipinski definition) is 5. The average Bonchev–Trinajstić information content (AvgIpc) is 2.51. The molecule has 0 aromatic heterocycles. The van der Waals surface area contributed by atoms with Crippen LogP contribution < -0.4 is 0 Å². The molecule has 0 unspecified atom stereocenters. The van der Waals surface area contributed by atoms with Crippen LogP contribution in [0, 0.1) is 0 Å². The highest BCUT2D eigenvalue weighted by molar-refractivity contribution is 7.99. The number of esters is 1. The van der Waals surface area contributed by atoms with Crippen molar-refractivity contribution in [3.05, 3.63) is 35.4 Å². The maximum Gasteiger partial charge on any atom is 0.337 e. The van der Waals surface area contributed by atoms with Crippen molar-refractivity contribution in [1.82, 2.24) is 0 Å². The second kappa shape index (κ2) is 10.7. The van der Waals surface area contributed by atoms with Crippen LogP contribution >= 0.6 is 11.8 Å². The first-order valence-electron chi connectivity index (χ1n) is 7.19. The van der Waals surface area contributed by atoms with Crippen molar-refractivity contribution >= 4 is 17.7 Å². The molecule has 118 valence electrons. The van der Waals surface area contributed by atoms with Crippen LogP contribution in [0.4, 0.5) is 0 Å². The molecule has 1 rings (SSSR count). The molecule has 0 spiro atoms. The van der Waals surface area contributed by atoms with Gasteiger partial charge in [0.15, 0.2) is 6.29 Å². The van der Waals surface area contributed by atoms with Gasteiger partial charge in [0.1, 0.15) is 0 Å². The third-order valence-corrected chi connectivity index (χ3v) is 3.87. The van der Waals surface area contributed by atoms with E-state index in [0.29, 0.717) is 18.8 Å². The van der Waals surface area contributed by atoms with Crippen LogP contribution in [0.1, 0.15) is 29.8 Å². The molecule has 0 radical (unpaired) electrons. The number of methoxy groups -OCH3 is 1. The average molecular weight is 312 g/mol. The normalized spacial score (nSPS) is 10.9. The molecular weight excluding hydrogens is 288 g/mol. The highest BCUT2D eigenvalue weighted by atomic mass is 32.2. The summed E-state index contributed by atoms with van der Waals surface area (Å²) in [7, 11) is 1.39. The number of benzene rings is 1. The van der Waals surface area contributed by atoms with Crippen molar-refractivity contribution in [1.29, 1.82) is 0 Å². The fourth-order valence-electron chi connectivity index (χ4n) is 1.81. The van der Waals surface area contributed by atoms with E-state index in [0.717, 1.165) is 17.9 Å². The van der Waals surface area contributed by atoms with E-state index in [-0.39, 0.29) is 12.3 Å². The second-order valence-corrected chi connectivity index (χ2v) is 5.50. The summed E-state index contributed by atoms with van der Waals surface area (Å²) in [6.07, 6.45) is 0.837. The fraction of sp³-hybridized carbons (Fsp3) is 0.562. The zero-order valence-corrected chi connectivity index (χ0v) is 13.8. The summed E-state index contributed by atoms with van der Waals surface area (Å²) in [5.74, 6) is 1.53. The zero-order valence-electron chi connectivity index (χ0n) is 13.0. The minimum atomic E-state index is -0.299. The molecule has 0 aliphatic carbocycles. The summed E-state index contributed by atoms with van der Waals surface area (Å²) < 4.78 is 15.7. The second-order valence-electron chi connectivity index (χ2n) is 4.35. The van der Waals surface area contributed by atoms with E-state index in [1.54, 1.807) is 12.1 Å². The molecule has 0 N–H and O–H groups in total. The summed E-state index contributed by atoms with van der Waals surface area (Å²) >= 11 is 1.81. The van der Waals surface area contributed by atoms with E-state index in [1.165, 1.54) is 12.7 Å². The molecule has 1 aromatic rings. The van der Waals surface area contributed by atoms with Gasteiger partial charge in [-0.3, -0.25) is 0 Å². The zero-order chi connectivity index (χ0) is 15.5. The Hall–Kier alpha value is -1.04. The Morgan fingerprint density at radius 3 is 2.29 bits per heavy atom. The fourth-order valence-corrected chi connectivity index (χ4v) is 2.74. The topological polar surface area (TPSA) is 44.8 Å². The Kier molecular flexibility index (Phi) is 9.14. The highest BCUT2D eigenvalue weighted by Crippen LogP contribution is 2.12. The van der Waals surface area contributed by atoms with Gasteiger partial charge in [0.2, 0.25) is 0 Å². The summed E-state index contributed by atoms with van der Waals surface area (Å²) in [6.45, 7) is 5.28. The van der Waals surface area contributed by atoms with Crippen LogP contribution in [0.5, 0.6) is 0 Å². The van der Waals surface area contributed by atoms with Gasteiger partial charge >= 0.3 is 5.97 Å². The van der Waals surface area contributed by atoms with E-state index >= 15 is 0 Å². The van der Waals surface area contributed by atoms with Gasteiger partial charge in [-0.15, -0.1) is 0 Å². The lowest BCUT2D eigenvalue weighted by molar-refractivity contribution is -0.120. The van der Waals surface area contributed by atoms with Crippen LogP contribution in [0.2, 0.25) is 0 Å². The van der Waals surface area contributed by atoms with Gasteiger partial charge in [0.05, 0.1) is 12.7 Å². The molecule has 0 amide bonds. The van der Waals surface area contributed by atoms with E-state index in [9.17, 15) is 4.79 Å². The quantitative estimate of drug-likeness (QED) is 0.377. The lowest BCUT2D eigenvalue weighted by Crippen LogP contribution is -2.20. The van der Waals surface area contributed by atoms with Gasteiger partial charge in [-0.2, -0.15) is 11.8 Å². The predicted octanol–water partition coefficient (Wildman–Crippen LogP) is 3.15. The first kappa shape index (κ1) is 18.0. The standard InChI is InChI=1S/C16H24O4S/c1-4-19-15(20-5-2)12-21-11-10-13-6-8-14(9-7-13)16(17)18-3/h6-9,15H,4-5,10-12H2,1-3H3. The third-order valence-electron chi connectivity index (χ3n) is 2.87. The van der Waals surface area contributed by atoms with Gasteiger partial charge in [-0.25, -0.2) is 4.79 Å². The van der Waals surface area contributed by atoms with Crippen LogP contribution in [-0.2, 0) is 20.6 Å². The molecular formula is C16H24O4S. The van der Waals surface area contributed by atoms with Gasteiger partial charge in [-0.1, -0.05) is 12.1 Å². The first-order valence-corrected chi connectivity index (χ1v) is 8.34. The van der Waals surface area contributed by atoms with E-state index in [1.807, 2.05) is 37.7 Å². The Bertz CT molecular complexity index is 399. The van der Waals surface area contributed by atoms with Crippen molar-refractivity contribution < 1.29 is 19.0 Å². The summed E-state index contributed by atoms with van der Waals surface area (Å²) in [5.41, 5.74) is 1.79. The summed E-state index contributed by atoms with van der Waals surface area (Å²) in [6, 6.07) is 7.54. The molecule has 4 nitrogen and oxygen atoms in total. The molecule has 0 aliphatic heterocycles. The highest BCUT2D eigenvalue weighted by Gasteiger charge is 2.08. The molecule has 0 atom stereocenters. The molecule has 21 heavy (non-hydrogen) atoms. The molecule has 0 aliphatic rings. The van der Waals surface area contributed by atoms with Crippen molar-refractivity contribution in [3.8, 4) is 0 Å². The van der Waals surface area contributed by atoms with Crippen LogP contribution in [0.3, 0.4) is 0 Å². The van der Waals surface area contributed by atoms with Crippen LogP contribution in [0.15, 0.2) is 24.3 Å². The number of hydrogen-bond donors (Lipinski definition) is 0. The van der Waals surface area contributed by atoms with Crippen LogP contribution in [-0.4, -0.2) is 44.1 Å². The Morgan fingerprint density at radius 1 is 1.14 bits per heavy atom. The van der Waals surface area contributed by atoms with Gasteiger partial charge in [0, 0.05) is 19.0 Å². The molecule has 1 aromatic carbocycles. The molecule has 5 heteroatoms. The summed E-state index contributed by atoms with van der Waals surface area (Å²) in [5, 5.41) is 0. The van der Waals surface area contributed by atoms with Crippen molar-refractivity contribution in [2.45, 2.75) is 26.6 Å². The van der Waals surface area contributed by atoms with E-state index in [2.05, 4.69) is 4.74 Å².